The summed E-state index contributed by atoms with van der Waals surface area (Å²) in [6.45, 7) is 2.47. The van der Waals surface area contributed by atoms with E-state index in [1.807, 2.05) is 0 Å². The molecule has 3 heteroatoms. The van der Waals surface area contributed by atoms with E-state index in [0.29, 0.717) is 5.41 Å². The number of rotatable bonds is 1. The average molecular weight is 325 g/mol. The van der Waals surface area contributed by atoms with Crippen molar-refractivity contribution in [1.29, 1.82) is 0 Å². The van der Waals surface area contributed by atoms with Crippen LogP contribution in [0.1, 0.15) is 45.4 Å². The van der Waals surface area contributed by atoms with Gasteiger partial charge in [0.1, 0.15) is 0 Å². The van der Waals surface area contributed by atoms with Crippen LogP contribution in [0, 0.1) is 5.41 Å². The van der Waals surface area contributed by atoms with Gasteiger partial charge in [-0.2, -0.15) is 0 Å². The summed E-state index contributed by atoms with van der Waals surface area (Å²) in [4.78, 5) is 0. The van der Waals surface area contributed by atoms with E-state index >= 15 is 0 Å². The molecule has 0 aromatic carbocycles. The average Bonchev–Trinajstić information content (AvgIpc) is 2.53. The van der Waals surface area contributed by atoms with Gasteiger partial charge >= 0.3 is 96.6 Å². The Morgan fingerprint density at radius 2 is 1.73 bits per heavy atom. The van der Waals surface area contributed by atoms with Crippen LogP contribution in [-0.4, -0.2) is 0 Å². The topological polar surface area (TPSA) is 0 Å². The smallest absolute Gasteiger partial charge is 0.147 e. The molecule has 0 radical (unpaired) electrons. The minimum atomic E-state index is 0. The molecular weight excluding hydrogens is 306 g/mol. The third kappa shape index (κ3) is 3.45. The van der Waals surface area contributed by atoms with E-state index in [-0.39, 0.29) is 24.8 Å². The van der Waals surface area contributed by atoms with E-state index in [1.54, 1.807) is 33.6 Å². The second-order valence-corrected chi connectivity index (χ2v) is 6.10. The minimum Gasteiger partial charge on any atom is -0.147 e. The molecule has 0 aromatic rings. The summed E-state index contributed by atoms with van der Waals surface area (Å²) in [5, 5.41) is 0. The first kappa shape index (κ1) is 15.9. The van der Waals surface area contributed by atoms with Gasteiger partial charge in [-0.15, -0.1) is 24.8 Å². The Morgan fingerprint density at radius 3 is 2.20 bits per heavy atom. The zero-order chi connectivity index (χ0) is 9.31. The van der Waals surface area contributed by atoms with Crippen LogP contribution in [0.25, 0.3) is 0 Å². The molecule has 0 nitrogen and oxygen atoms in total. The predicted octanol–water partition coefficient (Wildman–Crippen LogP) is 4.56. The summed E-state index contributed by atoms with van der Waals surface area (Å²) in [5.74, 6) is 0. The standard InChI is InChI=1S/C12H17.2ClH.Zr/c1-12(9-5-2-6-10-12)11-7-3-4-8-11;;;/h3,7H,2,4-6,9-10H2,1H3;2*1H;. The first-order valence-electron chi connectivity index (χ1n) is 5.34. The Balaban J connectivity index is 0.000000980. The number of hydrogen-bond acceptors (Lipinski definition) is 0. The molecule has 0 spiro atoms. The molecule has 0 saturated heterocycles. The van der Waals surface area contributed by atoms with Crippen LogP contribution in [0.15, 0.2) is 21.0 Å². The van der Waals surface area contributed by atoms with Crippen LogP contribution in [0.2, 0.25) is 0 Å². The summed E-state index contributed by atoms with van der Waals surface area (Å²) >= 11 is 1.63. The molecule has 85 valence electrons. The molecule has 0 atom stereocenters. The van der Waals surface area contributed by atoms with Crippen molar-refractivity contribution < 1.29 is 24.7 Å². The van der Waals surface area contributed by atoms with Crippen molar-refractivity contribution in [3.05, 3.63) is 21.0 Å². The number of halogens is 2. The molecule has 2 rings (SSSR count). The zero-order valence-corrected chi connectivity index (χ0v) is 13.3. The summed E-state index contributed by atoms with van der Waals surface area (Å²) < 4.78 is 1.71. The molecule has 0 amide bonds. The van der Waals surface area contributed by atoms with Crippen molar-refractivity contribution in [3.63, 3.8) is 0 Å². The first-order valence-corrected chi connectivity index (χ1v) is 6.57. The molecule has 2 aliphatic carbocycles. The van der Waals surface area contributed by atoms with Gasteiger partial charge in [0.15, 0.2) is 0 Å². The summed E-state index contributed by atoms with van der Waals surface area (Å²) in [6, 6.07) is 0. The van der Waals surface area contributed by atoms with E-state index in [1.165, 1.54) is 38.5 Å². The summed E-state index contributed by atoms with van der Waals surface area (Å²) in [5.41, 5.74) is 2.25. The summed E-state index contributed by atoms with van der Waals surface area (Å²) in [6.07, 6.45) is 13.2. The van der Waals surface area contributed by atoms with Gasteiger partial charge in [0.2, 0.25) is 0 Å². The zero-order valence-electron chi connectivity index (χ0n) is 9.21. The molecule has 0 N–H and O–H groups in total. The normalized spacial score (nSPS) is 23.2. The number of allylic oxidation sites excluding steroid dienone is 4. The predicted molar refractivity (Wildman–Crippen MR) is 66.5 cm³/mol. The van der Waals surface area contributed by atoms with Crippen molar-refractivity contribution in [2.45, 2.75) is 45.4 Å². The van der Waals surface area contributed by atoms with E-state index < -0.39 is 0 Å². The second kappa shape index (κ2) is 6.62. The van der Waals surface area contributed by atoms with Crippen LogP contribution in [-0.2, 0) is 24.7 Å². The van der Waals surface area contributed by atoms with Gasteiger partial charge in [0, 0.05) is 0 Å². The van der Waals surface area contributed by atoms with Gasteiger partial charge in [0.25, 0.3) is 0 Å². The Kier molecular flexibility index (Phi) is 7.04. The molecule has 0 aromatic heterocycles. The van der Waals surface area contributed by atoms with E-state index in [4.69, 9.17) is 0 Å². The molecular formula is C12H19Cl2Zr. The third-order valence-electron chi connectivity index (χ3n) is 3.54. The number of hydrogen-bond donors (Lipinski definition) is 0. The second-order valence-electron chi connectivity index (χ2n) is 4.62. The molecule has 1 fully saturated rings. The van der Waals surface area contributed by atoms with Crippen LogP contribution in [0.4, 0.5) is 0 Å². The fourth-order valence-electron chi connectivity index (χ4n) is 2.67. The Hall–Kier alpha value is 0.943. The van der Waals surface area contributed by atoms with Gasteiger partial charge in [-0.25, -0.2) is 0 Å². The molecule has 0 aliphatic heterocycles. The van der Waals surface area contributed by atoms with Crippen LogP contribution < -0.4 is 0 Å². The van der Waals surface area contributed by atoms with Gasteiger partial charge in [0.05, 0.1) is 0 Å². The molecule has 2 aliphatic rings. The first-order chi connectivity index (χ1) is 6.22. The molecule has 1 saturated carbocycles. The van der Waals surface area contributed by atoms with Gasteiger partial charge in [-0.05, 0) is 0 Å². The quantitative estimate of drug-likeness (QED) is 0.663. The van der Waals surface area contributed by atoms with Gasteiger partial charge in [-0.3, -0.25) is 0 Å². The third-order valence-corrected chi connectivity index (χ3v) is 4.70. The maximum absolute atomic E-state index is 2.47. The molecule has 15 heavy (non-hydrogen) atoms. The maximum Gasteiger partial charge on any atom is -0.147 e. The van der Waals surface area contributed by atoms with Crippen LogP contribution in [0.3, 0.4) is 0 Å². The van der Waals surface area contributed by atoms with Crippen LogP contribution >= 0.6 is 24.8 Å². The monoisotopic (exact) mass is 323 g/mol. The fraction of sp³-hybridized carbons (Fsp3) is 0.667. The molecule has 0 bridgehead atoms. The van der Waals surface area contributed by atoms with Gasteiger partial charge in [-0.1, -0.05) is 0 Å². The van der Waals surface area contributed by atoms with Crippen molar-refractivity contribution in [2.75, 3.05) is 0 Å². The Bertz CT molecular complexity index is 263. The maximum atomic E-state index is 2.47. The minimum absolute atomic E-state index is 0. The van der Waals surface area contributed by atoms with Crippen molar-refractivity contribution in [1.82, 2.24) is 0 Å². The van der Waals surface area contributed by atoms with E-state index in [2.05, 4.69) is 19.1 Å². The van der Waals surface area contributed by atoms with Crippen molar-refractivity contribution in [3.8, 4) is 0 Å². The largest absolute Gasteiger partial charge is 0.147 e. The summed E-state index contributed by atoms with van der Waals surface area (Å²) in [7, 11) is 0. The molecule has 0 unspecified atom stereocenters. The van der Waals surface area contributed by atoms with Gasteiger partial charge < -0.3 is 0 Å². The Morgan fingerprint density at radius 1 is 1.13 bits per heavy atom. The SMILES string of the molecule is CC1(C2=[C]([Zr])CC=C2)CCCCC1.Cl.Cl. The fourth-order valence-corrected chi connectivity index (χ4v) is 3.91. The van der Waals surface area contributed by atoms with Crippen LogP contribution in [0.5, 0.6) is 0 Å². The Labute approximate surface area is 121 Å². The van der Waals surface area contributed by atoms with Crippen molar-refractivity contribution >= 4 is 24.8 Å². The van der Waals surface area contributed by atoms with E-state index in [9.17, 15) is 0 Å². The van der Waals surface area contributed by atoms with Crippen molar-refractivity contribution in [2.24, 2.45) is 5.41 Å². The molecule has 0 heterocycles. The van der Waals surface area contributed by atoms with E-state index in [0.717, 1.165) is 0 Å².